The summed E-state index contributed by atoms with van der Waals surface area (Å²) in [4.78, 5) is 22.3. The first-order chi connectivity index (χ1) is 12.4. The van der Waals surface area contributed by atoms with E-state index in [-0.39, 0.29) is 29.6 Å². The lowest BCUT2D eigenvalue weighted by Gasteiger charge is -2.21. The van der Waals surface area contributed by atoms with Gasteiger partial charge in [0.25, 0.3) is 5.91 Å². The van der Waals surface area contributed by atoms with Crippen molar-refractivity contribution < 1.29 is 17.6 Å². The van der Waals surface area contributed by atoms with Gasteiger partial charge in [0.2, 0.25) is 10.0 Å². The molecule has 1 fully saturated rings. The Morgan fingerprint density at radius 3 is 2.42 bits per heavy atom. The first-order valence-electron chi connectivity index (χ1n) is 8.21. The molecule has 0 radical (unpaired) electrons. The van der Waals surface area contributed by atoms with Crippen LogP contribution in [0.15, 0.2) is 41.6 Å². The van der Waals surface area contributed by atoms with Gasteiger partial charge in [-0.3, -0.25) is 9.78 Å². The summed E-state index contributed by atoms with van der Waals surface area (Å²) in [6.45, 7) is 2.94. The van der Waals surface area contributed by atoms with Crippen LogP contribution < -0.4 is 0 Å². The number of hydrogen-bond donors (Lipinski definition) is 0. The minimum absolute atomic E-state index is 0.0445. The number of rotatable bonds is 3. The highest BCUT2D eigenvalue weighted by molar-refractivity contribution is 7.89. The number of carbonyl (C=O) groups is 1. The van der Waals surface area contributed by atoms with E-state index in [1.807, 2.05) is 0 Å². The number of sulfonamides is 1. The van der Waals surface area contributed by atoms with Crippen molar-refractivity contribution in [3.8, 4) is 0 Å². The molecule has 0 bridgehead atoms. The molecule has 9 heteroatoms. The molecular weight excluding hydrogens is 359 g/mol. The van der Waals surface area contributed by atoms with Crippen molar-refractivity contribution in [2.24, 2.45) is 0 Å². The number of aryl methyl sites for hydroxylation is 1. The molecule has 1 aromatic heterocycles. The zero-order valence-electron chi connectivity index (χ0n) is 14.3. The number of halogens is 1. The van der Waals surface area contributed by atoms with Crippen LogP contribution in [0.1, 0.15) is 22.6 Å². The van der Waals surface area contributed by atoms with Crippen LogP contribution in [0.4, 0.5) is 4.39 Å². The second kappa shape index (κ2) is 7.46. The fraction of sp³-hybridized carbons (Fsp3) is 0.353. The Morgan fingerprint density at radius 1 is 1.04 bits per heavy atom. The molecule has 1 saturated heterocycles. The fourth-order valence-corrected chi connectivity index (χ4v) is 4.23. The zero-order valence-corrected chi connectivity index (χ0v) is 15.1. The number of amides is 1. The highest BCUT2D eigenvalue weighted by Crippen LogP contribution is 2.18. The third kappa shape index (κ3) is 3.88. The van der Waals surface area contributed by atoms with E-state index < -0.39 is 15.8 Å². The predicted octanol–water partition coefficient (Wildman–Crippen LogP) is 1.46. The fourth-order valence-electron chi connectivity index (χ4n) is 2.76. The minimum atomic E-state index is -3.72. The topological polar surface area (TPSA) is 83.5 Å². The quantitative estimate of drug-likeness (QED) is 0.807. The van der Waals surface area contributed by atoms with Crippen LogP contribution in [0.2, 0.25) is 0 Å². The van der Waals surface area contributed by atoms with Crippen LogP contribution in [0.3, 0.4) is 0 Å². The molecule has 0 saturated carbocycles. The van der Waals surface area contributed by atoms with Crippen LogP contribution in [0, 0.1) is 12.7 Å². The molecule has 2 aromatic rings. The Bertz CT molecular complexity index is 885. The van der Waals surface area contributed by atoms with Crippen molar-refractivity contribution >= 4 is 15.9 Å². The van der Waals surface area contributed by atoms with Gasteiger partial charge in [-0.2, -0.15) is 4.31 Å². The van der Waals surface area contributed by atoms with Crippen molar-refractivity contribution in [2.45, 2.75) is 18.2 Å². The first kappa shape index (κ1) is 18.4. The average molecular weight is 378 g/mol. The Balaban J connectivity index is 1.72. The summed E-state index contributed by atoms with van der Waals surface area (Å²) >= 11 is 0. The van der Waals surface area contributed by atoms with E-state index in [1.165, 1.54) is 28.8 Å². The van der Waals surface area contributed by atoms with Gasteiger partial charge in [-0.05, 0) is 37.6 Å². The molecule has 7 nitrogen and oxygen atoms in total. The lowest BCUT2D eigenvalue weighted by Crippen LogP contribution is -2.37. The molecule has 0 spiro atoms. The predicted molar refractivity (Wildman–Crippen MR) is 92.4 cm³/mol. The molecule has 0 aliphatic carbocycles. The highest BCUT2D eigenvalue weighted by Gasteiger charge is 2.28. The molecule has 0 atom stereocenters. The van der Waals surface area contributed by atoms with Crippen molar-refractivity contribution in [2.75, 3.05) is 26.2 Å². The number of nitrogens with zero attached hydrogens (tertiary/aromatic N) is 4. The van der Waals surface area contributed by atoms with E-state index in [9.17, 15) is 17.6 Å². The van der Waals surface area contributed by atoms with E-state index >= 15 is 0 Å². The van der Waals surface area contributed by atoms with Gasteiger partial charge < -0.3 is 4.90 Å². The highest BCUT2D eigenvalue weighted by atomic mass is 32.2. The molecule has 1 aliphatic rings. The monoisotopic (exact) mass is 378 g/mol. The summed E-state index contributed by atoms with van der Waals surface area (Å²) < 4.78 is 39.8. The second-order valence-electron chi connectivity index (χ2n) is 6.05. The number of carbonyl (C=O) groups excluding carboxylic acids is 1. The maximum Gasteiger partial charge on any atom is 0.274 e. The van der Waals surface area contributed by atoms with Crippen molar-refractivity contribution in [1.82, 2.24) is 19.2 Å². The number of aromatic nitrogens is 2. The van der Waals surface area contributed by atoms with Crippen LogP contribution >= 0.6 is 0 Å². The van der Waals surface area contributed by atoms with Crippen molar-refractivity contribution in [3.63, 3.8) is 0 Å². The molecule has 1 aromatic carbocycles. The maximum atomic E-state index is 13.0. The smallest absolute Gasteiger partial charge is 0.274 e. The molecule has 1 amide bonds. The van der Waals surface area contributed by atoms with Crippen LogP contribution in [0.25, 0.3) is 0 Å². The summed E-state index contributed by atoms with van der Waals surface area (Å²) in [6.07, 6.45) is 3.46. The summed E-state index contributed by atoms with van der Waals surface area (Å²) in [5.74, 6) is -0.755. The van der Waals surface area contributed by atoms with E-state index in [0.29, 0.717) is 25.2 Å². The van der Waals surface area contributed by atoms with Gasteiger partial charge in [0, 0.05) is 32.4 Å². The van der Waals surface area contributed by atoms with Gasteiger partial charge >= 0.3 is 0 Å². The molecule has 0 N–H and O–H groups in total. The molecule has 0 unspecified atom stereocenters. The zero-order chi connectivity index (χ0) is 18.7. The molecular formula is C17H19FN4O3S. The van der Waals surface area contributed by atoms with Gasteiger partial charge in [-0.25, -0.2) is 17.8 Å². The lowest BCUT2D eigenvalue weighted by atomic mass is 10.3. The Hall–Kier alpha value is -2.39. The lowest BCUT2D eigenvalue weighted by molar-refractivity contribution is 0.0758. The maximum absolute atomic E-state index is 13.0. The SMILES string of the molecule is Cc1cnc(C(=O)N2CCCN(S(=O)(=O)c3ccc(F)cc3)CC2)cn1. The van der Waals surface area contributed by atoms with E-state index in [0.717, 1.165) is 12.1 Å². The summed E-state index contributed by atoms with van der Waals surface area (Å²) in [5, 5.41) is 0. The van der Waals surface area contributed by atoms with Crippen molar-refractivity contribution in [1.29, 1.82) is 0 Å². The van der Waals surface area contributed by atoms with Gasteiger partial charge in [0.15, 0.2) is 0 Å². The summed E-state index contributed by atoms with van der Waals surface area (Å²) in [6, 6.07) is 4.74. The molecule has 1 aliphatic heterocycles. The van der Waals surface area contributed by atoms with Gasteiger partial charge in [0.1, 0.15) is 11.5 Å². The van der Waals surface area contributed by atoms with Crippen LogP contribution in [0.5, 0.6) is 0 Å². The van der Waals surface area contributed by atoms with Gasteiger partial charge in [-0.1, -0.05) is 0 Å². The summed E-state index contributed by atoms with van der Waals surface area (Å²) in [5.41, 5.74) is 0.958. The number of benzene rings is 1. The van der Waals surface area contributed by atoms with E-state index in [4.69, 9.17) is 0 Å². The normalized spacial score (nSPS) is 16.3. The second-order valence-corrected chi connectivity index (χ2v) is 7.98. The molecule has 138 valence electrons. The Morgan fingerprint density at radius 2 is 1.77 bits per heavy atom. The Kier molecular flexibility index (Phi) is 5.28. The largest absolute Gasteiger partial charge is 0.336 e. The van der Waals surface area contributed by atoms with Crippen molar-refractivity contribution in [3.05, 3.63) is 53.9 Å². The minimum Gasteiger partial charge on any atom is -0.336 e. The Labute approximate surface area is 151 Å². The number of hydrogen-bond acceptors (Lipinski definition) is 5. The standard InChI is InChI=1S/C17H19FN4O3S/c1-13-11-20-16(12-19-13)17(23)21-7-2-8-22(10-9-21)26(24,25)15-5-3-14(18)4-6-15/h3-6,11-12H,2,7-10H2,1H3. The van der Waals surface area contributed by atoms with E-state index in [1.54, 1.807) is 11.8 Å². The third-order valence-corrected chi connectivity index (χ3v) is 6.11. The van der Waals surface area contributed by atoms with Crippen LogP contribution in [-0.2, 0) is 10.0 Å². The third-order valence-electron chi connectivity index (χ3n) is 4.19. The average Bonchev–Trinajstić information content (AvgIpc) is 2.89. The molecule has 3 rings (SSSR count). The first-order valence-corrected chi connectivity index (χ1v) is 9.65. The van der Waals surface area contributed by atoms with Gasteiger partial charge in [0.05, 0.1) is 16.8 Å². The summed E-state index contributed by atoms with van der Waals surface area (Å²) in [7, 11) is -3.72. The van der Waals surface area contributed by atoms with E-state index in [2.05, 4.69) is 9.97 Å². The molecule has 26 heavy (non-hydrogen) atoms. The van der Waals surface area contributed by atoms with Crippen LogP contribution in [-0.4, -0.2) is 59.7 Å². The molecule has 2 heterocycles. The van der Waals surface area contributed by atoms with Gasteiger partial charge in [-0.15, -0.1) is 0 Å².